The number of rotatable bonds is 3. The summed E-state index contributed by atoms with van der Waals surface area (Å²) >= 11 is 0. The number of aryl methyl sites for hydroxylation is 1. The normalized spacial score (nSPS) is 20.0. The quantitative estimate of drug-likeness (QED) is 0.668. The maximum absolute atomic E-state index is 10.5. The van der Waals surface area contributed by atoms with Crippen LogP contribution < -0.4 is 0 Å². The molecule has 0 bridgehead atoms. The fourth-order valence-corrected chi connectivity index (χ4v) is 2.34. The molecule has 6 heteroatoms. The minimum Gasteiger partial charge on any atom is -0.377 e. The van der Waals surface area contributed by atoms with E-state index < -0.39 is 10.1 Å². The van der Waals surface area contributed by atoms with E-state index >= 15 is 0 Å². The van der Waals surface area contributed by atoms with Gasteiger partial charge in [0, 0.05) is 13.1 Å². The molecular weight excluding hydrogens is 302 g/mol. The van der Waals surface area contributed by atoms with Crippen molar-refractivity contribution in [2.45, 2.75) is 24.6 Å². The number of benzene rings is 2. The summed E-state index contributed by atoms with van der Waals surface area (Å²) in [4.78, 5) is 1.94. The average Bonchev–Trinajstić information content (AvgIpc) is 3.15. The molecule has 1 fully saturated rings. The number of β-amino-alcohol motifs (C(OH)–C–C–N with tert-alkyl or cyclic N) is 1. The van der Waals surface area contributed by atoms with E-state index in [-0.39, 0.29) is 11.1 Å². The third-order valence-electron chi connectivity index (χ3n) is 3.23. The summed E-state index contributed by atoms with van der Waals surface area (Å²) in [6.07, 6.45) is -0.185. The lowest BCUT2D eigenvalue weighted by atomic mass is 10.2. The summed E-state index contributed by atoms with van der Waals surface area (Å²) in [7, 11) is -4.02. The first kappa shape index (κ1) is 16.6. The molecule has 1 heterocycles. The number of hydrogen-bond donors (Lipinski definition) is 2. The standard InChI is InChI=1S/C9H11NO.C7H8O3S/c11-9-7-10(9)6-8-4-2-1-3-5-8;1-6-2-4-7(5-3-6)11(8,9)10/h1-5,9,11H,6-7H2;2-5H,1H3,(H,8,9,10). The van der Waals surface area contributed by atoms with Crippen molar-refractivity contribution in [1.29, 1.82) is 0 Å². The molecule has 2 aromatic rings. The maximum Gasteiger partial charge on any atom is 0.294 e. The Morgan fingerprint density at radius 3 is 2.09 bits per heavy atom. The number of aliphatic hydroxyl groups is 1. The molecule has 5 nitrogen and oxygen atoms in total. The van der Waals surface area contributed by atoms with Crippen molar-refractivity contribution in [2.75, 3.05) is 6.54 Å². The molecule has 0 amide bonds. The Morgan fingerprint density at radius 2 is 1.64 bits per heavy atom. The van der Waals surface area contributed by atoms with Gasteiger partial charge in [-0.1, -0.05) is 48.0 Å². The van der Waals surface area contributed by atoms with E-state index in [4.69, 9.17) is 9.66 Å². The molecule has 0 saturated carbocycles. The molecule has 0 aromatic heterocycles. The van der Waals surface area contributed by atoms with Crippen molar-refractivity contribution in [2.24, 2.45) is 0 Å². The monoisotopic (exact) mass is 321 g/mol. The smallest absolute Gasteiger partial charge is 0.294 e. The van der Waals surface area contributed by atoms with Crippen molar-refractivity contribution >= 4 is 10.1 Å². The largest absolute Gasteiger partial charge is 0.377 e. The van der Waals surface area contributed by atoms with Crippen LogP contribution in [0.1, 0.15) is 11.1 Å². The summed E-state index contributed by atoms with van der Waals surface area (Å²) in [5.41, 5.74) is 2.22. The third kappa shape index (κ3) is 5.23. The zero-order valence-electron chi connectivity index (χ0n) is 12.3. The third-order valence-corrected chi connectivity index (χ3v) is 4.10. The van der Waals surface area contributed by atoms with Crippen molar-refractivity contribution in [3.05, 3.63) is 65.7 Å². The van der Waals surface area contributed by atoms with E-state index in [1.165, 1.54) is 17.7 Å². The van der Waals surface area contributed by atoms with Gasteiger partial charge in [-0.05, 0) is 24.6 Å². The van der Waals surface area contributed by atoms with E-state index in [9.17, 15) is 8.42 Å². The van der Waals surface area contributed by atoms with E-state index in [1.807, 2.05) is 30.0 Å². The van der Waals surface area contributed by atoms with E-state index in [2.05, 4.69) is 12.1 Å². The maximum atomic E-state index is 10.5. The van der Waals surface area contributed by atoms with Crippen LogP contribution in [0.15, 0.2) is 59.5 Å². The fourth-order valence-electron chi connectivity index (χ4n) is 1.86. The van der Waals surface area contributed by atoms with Gasteiger partial charge >= 0.3 is 0 Å². The summed E-state index contributed by atoms with van der Waals surface area (Å²) < 4.78 is 29.6. The number of nitrogens with zero attached hydrogens (tertiary/aromatic N) is 1. The predicted octanol–water partition coefficient (Wildman–Crippen LogP) is 2.06. The lowest BCUT2D eigenvalue weighted by molar-refractivity contribution is 0.207. The molecule has 2 atom stereocenters. The average molecular weight is 321 g/mol. The Labute approximate surface area is 130 Å². The summed E-state index contributed by atoms with van der Waals surface area (Å²) in [5.74, 6) is 0. The highest BCUT2D eigenvalue weighted by Gasteiger charge is 2.30. The van der Waals surface area contributed by atoms with Crippen LogP contribution in [0.3, 0.4) is 0 Å². The minimum absolute atomic E-state index is 0.0666. The lowest BCUT2D eigenvalue weighted by Crippen LogP contribution is -2.00. The van der Waals surface area contributed by atoms with Gasteiger partial charge in [-0.3, -0.25) is 9.45 Å². The van der Waals surface area contributed by atoms with Crippen molar-refractivity contribution in [3.8, 4) is 0 Å². The van der Waals surface area contributed by atoms with Crippen LogP contribution in [0.5, 0.6) is 0 Å². The Bertz CT molecular complexity index is 699. The van der Waals surface area contributed by atoms with Gasteiger partial charge in [0.25, 0.3) is 10.1 Å². The zero-order chi connectivity index (χ0) is 16.2. The van der Waals surface area contributed by atoms with Gasteiger partial charge in [0.2, 0.25) is 0 Å². The molecule has 1 aliphatic rings. The Kier molecular flexibility index (Phi) is 5.31. The van der Waals surface area contributed by atoms with Crippen LogP contribution in [0.2, 0.25) is 0 Å². The Balaban J connectivity index is 0.000000160. The van der Waals surface area contributed by atoms with Gasteiger partial charge in [-0.2, -0.15) is 8.42 Å². The van der Waals surface area contributed by atoms with E-state index in [0.29, 0.717) is 0 Å². The molecule has 118 valence electrons. The summed E-state index contributed by atoms with van der Waals surface area (Å²) in [6, 6.07) is 16.2. The fraction of sp³-hybridized carbons (Fsp3) is 0.250. The first-order chi connectivity index (χ1) is 10.4. The highest BCUT2D eigenvalue weighted by molar-refractivity contribution is 7.85. The molecule has 0 radical (unpaired) electrons. The Morgan fingerprint density at radius 1 is 1.09 bits per heavy atom. The van der Waals surface area contributed by atoms with Crippen LogP contribution in [0.4, 0.5) is 0 Å². The molecule has 2 aromatic carbocycles. The molecule has 3 rings (SSSR count). The van der Waals surface area contributed by atoms with Crippen LogP contribution in [0.25, 0.3) is 0 Å². The van der Waals surface area contributed by atoms with Gasteiger partial charge in [-0.25, -0.2) is 0 Å². The summed E-state index contributed by atoms with van der Waals surface area (Å²) in [6.45, 7) is 3.55. The highest BCUT2D eigenvalue weighted by atomic mass is 32.2. The molecule has 22 heavy (non-hydrogen) atoms. The molecular formula is C16H19NO4S. The van der Waals surface area contributed by atoms with Gasteiger partial charge in [-0.15, -0.1) is 0 Å². The van der Waals surface area contributed by atoms with Gasteiger partial charge < -0.3 is 5.11 Å². The number of aliphatic hydroxyl groups excluding tert-OH is 1. The van der Waals surface area contributed by atoms with E-state index in [0.717, 1.165) is 18.7 Å². The van der Waals surface area contributed by atoms with Crippen molar-refractivity contribution in [3.63, 3.8) is 0 Å². The molecule has 2 N–H and O–H groups in total. The highest BCUT2D eigenvalue weighted by Crippen LogP contribution is 2.17. The molecule has 0 spiro atoms. The van der Waals surface area contributed by atoms with Crippen LogP contribution in [-0.2, 0) is 16.7 Å². The molecule has 1 aliphatic heterocycles. The zero-order valence-corrected chi connectivity index (χ0v) is 13.1. The minimum atomic E-state index is -4.02. The second-order valence-electron chi connectivity index (χ2n) is 5.18. The van der Waals surface area contributed by atoms with Crippen LogP contribution in [0, 0.1) is 6.92 Å². The van der Waals surface area contributed by atoms with Crippen molar-refractivity contribution < 1.29 is 18.1 Å². The first-order valence-corrected chi connectivity index (χ1v) is 8.30. The second-order valence-corrected chi connectivity index (χ2v) is 6.61. The molecule has 0 aliphatic carbocycles. The molecule has 1 saturated heterocycles. The van der Waals surface area contributed by atoms with Crippen LogP contribution >= 0.6 is 0 Å². The van der Waals surface area contributed by atoms with E-state index in [1.54, 1.807) is 12.1 Å². The van der Waals surface area contributed by atoms with Gasteiger partial charge in [0.05, 0.1) is 4.90 Å². The SMILES string of the molecule is Cc1ccc(S(=O)(=O)O)cc1.OC1CN1Cc1ccccc1. The van der Waals surface area contributed by atoms with Gasteiger partial charge in [0.15, 0.2) is 0 Å². The number of hydrogen-bond acceptors (Lipinski definition) is 4. The lowest BCUT2D eigenvalue weighted by Gasteiger charge is -1.99. The molecule has 2 unspecified atom stereocenters. The topological polar surface area (TPSA) is 77.6 Å². The van der Waals surface area contributed by atoms with Crippen molar-refractivity contribution in [1.82, 2.24) is 4.90 Å². The summed E-state index contributed by atoms with van der Waals surface area (Å²) in [5, 5.41) is 9.01. The predicted molar refractivity (Wildman–Crippen MR) is 83.9 cm³/mol. The van der Waals surface area contributed by atoms with Gasteiger partial charge in [0.1, 0.15) is 6.23 Å². The Hall–Kier alpha value is -1.73. The second kappa shape index (κ2) is 7.02. The van der Waals surface area contributed by atoms with Crippen LogP contribution in [-0.4, -0.2) is 35.7 Å². The first-order valence-electron chi connectivity index (χ1n) is 6.86.